The number of ether oxygens (including phenoxy) is 1. The van der Waals surface area contributed by atoms with Gasteiger partial charge in [0.25, 0.3) is 0 Å². The molecule has 1 heterocycles. The minimum absolute atomic E-state index is 0.0508. The van der Waals surface area contributed by atoms with Gasteiger partial charge in [-0.3, -0.25) is 0 Å². The Morgan fingerprint density at radius 1 is 1.16 bits per heavy atom. The maximum atomic E-state index is 13.5. The van der Waals surface area contributed by atoms with Crippen molar-refractivity contribution in [3.05, 3.63) is 63.9 Å². The third kappa shape index (κ3) is 2.49. The van der Waals surface area contributed by atoms with Crippen LogP contribution in [0.15, 0.2) is 36.4 Å². The Balaban J connectivity index is 1.94. The number of hydrogen-bond donors (Lipinski definition) is 0. The number of rotatable bonds is 2. The maximum absolute atomic E-state index is 13.5. The number of benzene rings is 2. The first-order valence-corrected chi connectivity index (χ1v) is 7.29. The van der Waals surface area contributed by atoms with E-state index < -0.39 is 5.82 Å². The van der Waals surface area contributed by atoms with E-state index >= 15 is 0 Å². The van der Waals surface area contributed by atoms with Crippen LogP contribution in [0.2, 0.25) is 5.02 Å². The highest BCUT2D eigenvalue weighted by Crippen LogP contribution is 2.36. The van der Waals surface area contributed by atoms with E-state index in [-0.39, 0.29) is 9.85 Å². The molecule has 1 aliphatic rings. The van der Waals surface area contributed by atoms with Crippen LogP contribution in [0.4, 0.5) is 4.39 Å². The zero-order chi connectivity index (χ0) is 13.4. The van der Waals surface area contributed by atoms with Gasteiger partial charge in [-0.1, -0.05) is 45.7 Å². The van der Waals surface area contributed by atoms with Gasteiger partial charge in [0.1, 0.15) is 11.6 Å². The Hall–Kier alpha value is -1.06. The molecule has 4 heteroatoms. The predicted molar refractivity (Wildman–Crippen MR) is 77.8 cm³/mol. The van der Waals surface area contributed by atoms with Crippen molar-refractivity contribution in [1.29, 1.82) is 0 Å². The molecular weight excluding hydrogens is 331 g/mol. The second-order valence-corrected chi connectivity index (χ2v) is 5.82. The molecule has 0 radical (unpaired) electrons. The fraction of sp³-hybridized carbons (Fsp3) is 0.200. The van der Waals surface area contributed by atoms with Gasteiger partial charge in [-0.15, -0.1) is 0 Å². The number of hydrogen-bond acceptors (Lipinski definition) is 1. The van der Waals surface area contributed by atoms with E-state index in [4.69, 9.17) is 16.3 Å². The van der Waals surface area contributed by atoms with Crippen LogP contribution in [0, 0.1) is 5.82 Å². The lowest BCUT2D eigenvalue weighted by molar-refractivity contribution is 0.357. The average molecular weight is 342 g/mol. The molecule has 0 aromatic heterocycles. The molecule has 2 aromatic rings. The molecule has 1 atom stereocenters. The van der Waals surface area contributed by atoms with Crippen molar-refractivity contribution < 1.29 is 9.13 Å². The quantitative estimate of drug-likeness (QED) is 0.706. The molecule has 3 rings (SSSR count). The zero-order valence-electron chi connectivity index (χ0n) is 10.00. The summed E-state index contributed by atoms with van der Waals surface area (Å²) in [6.07, 6.45) is 0.928. The van der Waals surface area contributed by atoms with Crippen LogP contribution in [0.3, 0.4) is 0 Å². The number of fused-ring (bicyclic) bond motifs is 1. The van der Waals surface area contributed by atoms with Crippen LogP contribution in [-0.2, 0) is 6.42 Å². The summed E-state index contributed by atoms with van der Waals surface area (Å²) in [5, 5.41) is 0.144. The summed E-state index contributed by atoms with van der Waals surface area (Å²) in [7, 11) is 0. The van der Waals surface area contributed by atoms with Crippen LogP contribution in [0.25, 0.3) is 0 Å². The van der Waals surface area contributed by atoms with E-state index in [9.17, 15) is 4.39 Å². The molecule has 2 aromatic carbocycles. The standard InChI is InChI=1S/C15H11BrClFO/c16-15(11-1-3-12(17)13(18)8-11)10-2-4-14-9(7-10)5-6-19-14/h1-4,7-8,15H,5-6H2. The lowest BCUT2D eigenvalue weighted by Gasteiger charge is -2.12. The number of halogens is 3. The molecule has 0 aliphatic carbocycles. The predicted octanol–water partition coefficient (Wildman–Crippen LogP) is 4.90. The Morgan fingerprint density at radius 2 is 1.89 bits per heavy atom. The van der Waals surface area contributed by atoms with Gasteiger partial charge in [0.05, 0.1) is 16.5 Å². The normalized spacial score (nSPS) is 14.9. The summed E-state index contributed by atoms with van der Waals surface area (Å²) in [6.45, 7) is 0.737. The lowest BCUT2D eigenvalue weighted by Crippen LogP contribution is -1.95. The fourth-order valence-electron chi connectivity index (χ4n) is 2.23. The third-order valence-corrected chi connectivity index (χ3v) is 4.61. The van der Waals surface area contributed by atoms with E-state index in [1.165, 1.54) is 11.6 Å². The van der Waals surface area contributed by atoms with E-state index in [1.54, 1.807) is 6.07 Å². The van der Waals surface area contributed by atoms with Gasteiger partial charge < -0.3 is 4.74 Å². The minimum atomic E-state index is -0.395. The molecule has 0 fully saturated rings. The van der Waals surface area contributed by atoms with Crippen molar-refractivity contribution in [2.24, 2.45) is 0 Å². The van der Waals surface area contributed by atoms with Crippen molar-refractivity contribution >= 4 is 27.5 Å². The van der Waals surface area contributed by atoms with Crippen LogP contribution >= 0.6 is 27.5 Å². The highest BCUT2D eigenvalue weighted by molar-refractivity contribution is 9.09. The first-order chi connectivity index (χ1) is 9.15. The molecule has 1 unspecified atom stereocenters. The molecule has 0 bridgehead atoms. The van der Waals surface area contributed by atoms with Gasteiger partial charge in [-0.25, -0.2) is 4.39 Å². The topological polar surface area (TPSA) is 9.23 Å². The van der Waals surface area contributed by atoms with Crippen LogP contribution in [0.1, 0.15) is 21.5 Å². The van der Waals surface area contributed by atoms with E-state index in [2.05, 4.69) is 22.0 Å². The summed E-state index contributed by atoms with van der Waals surface area (Å²) in [5.41, 5.74) is 3.14. The SMILES string of the molecule is Fc1cc(C(Br)c2ccc3c(c2)CCO3)ccc1Cl. The largest absolute Gasteiger partial charge is 0.493 e. The first-order valence-electron chi connectivity index (χ1n) is 6.00. The molecule has 1 nitrogen and oxygen atoms in total. The molecular formula is C15H11BrClFO. The van der Waals surface area contributed by atoms with E-state index in [0.29, 0.717) is 0 Å². The fourth-order valence-corrected chi connectivity index (χ4v) is 2.91. The highest BCUT2D eigenvalue weighted by Gasteiger charge is 2.17. The summed E-state index contributed by atoms with van der Waals surface area (Å²) >= 11 is 9.31. The summed E-state index contributed by atoms with van der Waals surface area (Å²) in [4.78, 5) is -0.0508. The van der Waals surface area contributed by atoms with Crippen molar-refractivity contribution in [2.45, 2.75) is 11.2 Å². The lowest BCUT2D eigenvalue weighted by atomic mass is 10.0. The molecule has 0 N–H and O–H groups in total. The van der Waals surface area contributed by atoms with Gasteiger partial charge in [-0.2, -0.15) is 0 Å². The smallest absolute Gasteiger partial charge is 0.142 e. The maximum Gasteiger partial charge on any atom is 0.142 e. The van der Waals surface area contributed by atoms with E-state index in [1.807, 2.05) is 18.2 Å². The summed E-state index contributed by atoms with van der Waals surface area (Å²) in [6, 6.07) is 10.9. The molecule has 98 valence electrons. The molecule has 1 aliphatic heterocycles. The van der Waals surface area contributed by atoms with Crippen LogP contribution in [0.5, 0.6) is 5.75 Å². The Kier molecular flexibility index (Phi) is 3.50. The minimum Gasteiger partial charge on any atom is -0.493 e. The van der Waals surface area contributed by atoms with Crippen molar-refractivity contribution in [2.75, 3.05) is 6.61 Å². The van der Waals surface area contributed by atoms with Gasteiger partial charge in [0.15, 0.2) is 0 Å². The molecule has 0 spiro atoms. The van der Waals surface area contributed by atoms with Crippen molar-refractivity contribution in [3.63, 3.8) is 0 Å². The average Bonchev–Trinajstić information content (AvgIpc) is 2.88. The Bertz CT molecular complexity index is 630. The summed E-state index contributed by atoms with van der Waals surface area (Å²) in [5.74, 6) is 0.554. The number of alkyl halides is 1. The molecule has 0 saturated heterocycles. The van der Waals surface area contributed by atoms with Crippen LogP contribution in [-0.4, -0.2) is 6.61 Å². The highest BCUT2D eigenvalue weighted by atomic mass is 79.9. The molecule has 0 saturated carbocycles. The Labute approximate surface area is 124 Å². The van der Waals surface area contributed by atoms with E-state index in [0.717, 1.165) is 29.9 Å². The van der Waals surface area contributed by atoms with Gasteiger partial charge in [0.2, 0.25) is 0 Å². The second kappa shape index (κ2) is 5.14. The Morgan fingerprint density at radius 3 is 2.68 bits per heavy atom. The zero-order valence-corrected chi connectivity index (χ0v) is 12.3. The molecule has 0 amide bonds. The van der Waals surface area contributed by atoms with Crippen LogP contribution < -0.4 is 4.74 Å². The van der Waals surface area contributed by atoms with Gasteiger partial charge in [-0.05, 0) is 34.9 Å². The first kappa shape index (κ1) is 12.9. The van der Waals surface area contributed by atoms with Crippen molar-refractivity contribution in [3.8, 4) is 5.75 Å². The second-order valence-electron chi connectivity index (χ2n) is 4.50. The third-order valence-electron chi connectivity index (χ3n) is 3.24. The molecule has 19 heavy (non-hydrogen) atoms. The van der Waals surface area contributed by atoms with Crippen molar-refractivity contribution in [1.82, 2.24) is 0 Å². The van der Waals surface area contributed by atoms with Gasteiger partial charge >= 0.3 is 0 Å². The monoisotopic (exact) mass is 340 g/mol. The summed E-state index contributed by atoms with van der Waals surface area (Å²) < 4.78 is 19.0. The van der Waals surface area contributed by atoms with Gasteiger partial charge in [0, 0.05) is 6.42 Å².